The van der Waals surface area contributed by atoms with E-state index in [2.05, 4.69) is 20.9 Å². The standard InChI is InChI=1S/C15H20N4O2/c20-14-6-5-13(18-14)15(21)17-11-1-3-12(4-2-11)19-9-7-16-8-10-19/h1-4,13,16H,5-10H2,(H,17,21)(H,18,20). The summed E-state index contributed by atoms with van der Waals surface area (Å²) in [6, 6.07) is 7.46. The first-order valence-electron chi connectivity index (χ1n) is 7.38. The highest BCUT2D eigenvalue weighted by molar-refractivity contribution is 5.99. The third-order valence-corrected chi connectivity index (χ3v) is 3.93. The highest BCUT2D eigenvalue weighted by atomic mass is 16.2. The second-order valence-corrected chi connectivity index (χ2v) is 5.43. The van der Waals surface area contributed by atoms with Gasteiger partial charge in [0.2, 0.25) is 11.8 Å². The van der Waals surface area contributed by atoms with E-state index >= 15 is 0 Å². The molecule has 2 aliphatic rings. The third kappa shape index (κ3) is 3.33. The zero-order chi connectivity index (χ0) is 14.7. The molecule has 2 fully saturated rings. The maximum absolute atomic E-state index is 12.0. The van der Waals surface area contributed by atoms with Crippen molar-refractivity contribution in [3.8, 4) is 0 Å². The van der Waals surface area contributed by atoms with Gasteiger partial charge in [0.05, 0.1) is 0 Å². The van der Waals surface area contributed by atoms with Gasteiger partial charge in [-0.2, -0.15) is 0 Å². The normalized spacial score (nSPS) is 22.0. The van der Waals surface area contributed by atoms with Crippen molar-refractivity contribution >= 4 is 23.2 Å². The number of hydrogen-bond acceptors (Lipinski definition) is 4. The minimum atomic E-state index is -0.398. The van der Waals surface area contributed by atoms with E-state index in [1.165, 1.54) is 5.69 Å². The monoisotopic (exact) mass is 288 g/mol. The molecule has 3 rings (SSSR count). The number of carbonyl (C=O) groups excluding carboxylic acids is 2. The van der Waals surface area contributed by atoms with Crippen LogP contribution in [-0.4, -0.2) is 44.0 Å². The number of amides is 2. The Morgan fingerprint density at radius 1 is 1.19 bits per heavy atom. The molecular weight excluding hydrogens is 268 g/mol. The van der Waals surface area contributed by atoms with Gasteiger partial charge in [0, 0.05) is 44.0 Å². The zero-order valence-electron chi connectivity index (χ0n) is 11.9. The first kappa shape index (κ1) is 13.9. The maximum Gasteiger partial charge on any atom is 0.246 e. The van der Waals surface area contributed by atoms with Crippen LogP contribution in [-0.2, 0) is 9.59 Å². The van der Waals surface area contributed by atoms with Crippen molar-refractivity contribution in [2.45, 2.75) is 18.9 Å². The molecule has 1 aromatic rings. The van der Waals surface area contributed by atoms with E-state index in [0.717, 1.165) is 31.9 Å². The van der Waals surface area contributed by atoms with Crippen LogP contribution in [0.1, 0.15) is 12.8 Å². The van der Waals surface area contributed by atoms with Gasteiger partial charge in [-0.15, -0.1) is 0 Å². The SMILES string of the molecule is O=C1CCC(C(=O)Nc2ccc(N3CCNCC3)cc2)N1. The summed E-state index contributed by atoms with van der Waals surface area (Å²) in [5.41, 5.74) is 1.93. The van der Waals surface area contributed by atoms with Crippen molar-refractivity contribution in [3.63, 3.8) is 0 Å². The van der Waals surface area contributed by atoms with Crippen LogP contribution >= 0.6 is 0 Å². The van der Waals surface area contributed by atoms with Gasteiger partial charge in [-0.25, -0.2) is 0 Å². The molecule has 0 aliphatic carbocycles. The number of rotatable bonds is 3. The molecule has 0 bridgehead atoms. The molecule has 1 atom stereocenters. The van der Waals surface area contributed by atoms with E-state index in [-0.39, 0.29) is 11.8 Å². The van der Waals surface area contributed by atoms with E-state index in [1.54, 1.807) is 0 Å². The van der Waals surface area contributed by atoms with Crippen molar-refractivity contribution in [2.75, 3.05) is 36.4 Å². The Morgan fingerprint density at radius 2 is 1.90 bits per heavy atom. The molecule has 2 saturated heterocycles. The average molecular weight is 288 g/mol. The highest BCUT2D eigenvalue weighted by Crippen LogP contribution is 2.19. The highest BCUT2D eigenvalue weighted by Gasteiger charge is 2.27. The van der Waals surface area contributed by atoms with Gasteiger partial charge >= 0.3 is 0 Å². The Labute approximate surface area is 123 Å². The summed E-state index contributed by atoms with van der Waals surface area (Å²) in [6.07, 6.45) is 1.00. The summed E-state index contributed by atoms with van der Waals surface area (Å²) in [6.45, 7) is 4.00. The number of nitrogens with one attached hydrogen (secondary N) is 3. The lowest BCUT2D eigenvalue weighted by Crippen LogP contribution is -2.43. The molecule has 3 N–H and O–H groups in total. The largest absolute Gasteiger partial charge is 0.369 e. The van der Waals surface area contributed by atoms with E-state index in [1.807, 2.05) is 24.3 Å². The molecule has 2 amide bonds. The molecule has 1 unspecified atom stereocenters. The summed E-state index contributed by atoms with van der Waals surface area (Å²) in [5.74, 6) is -0.194. The van der Waals surface area contributed by atoms with Crippen LogP contribution in [0, 0.1) is 0 Å². The zero-order valence-corrected chi connectivity index (χ0v) is 11.9. The summed E-state index contributed by atoms with van der Waals surface area (Å²) in [4.78, 5) is 25.4. The van der Waals surface area contributed by atoms with Gasteiger partial charge < -0.3 is 20.9 Å². The smallest absolute Gasteiger partial charge is 0.246 e. The maximum atomic E-state index is 12.0. The Balaban J connectivity index is 1.59. The molecule has 21 heavy (non-hydrogen) atoms. The quantitative estimate of drug-likeness (QED) is 0.748. The van der Waals surface area contributed by atoms with Crippen LogP contribution < -0.4 is 20.9 Å². The summed E-state index contributed by atoms with van der Waals surface area (Å²) in [7, 11) is 0. The van der Waals surface area contributed by atoms with Gasteiger partial charge in [0.15, 0.2) is 0 Å². The molecule has 0 radical (unpaired) electrons. The number of anilines is 2. The third-order valence-electron chi connectivity index (χ3n) is 3.93. The predicted octanol–water partition coefficient (Wildman–Crippen LogP) is 0.313. The summed E-state index contributed by atoms with van der Waals surface area (Å²) in [5, 5.41) is 8.84. The van der Waals surface area contributed by atoms with Crippen LogP contribution in [0.25, 0.3) is 0 Å². The van der Waals surface area contributed by atoms with Gasteiger partial charge in [-0.3, -0.25) is 9.59 Å². The van der Waals surface area contributed by atoms with Crippen molar-refractivity contribution in [2.24, 2.45) is 0 Å². The van der Waals surface area contributed by atoms with E-state index in [9.17, 15) is 9.59 Å². The van der Waals surface area contributed by atoms with E-state index in [0.29, 0.717) is 12.8 Å². The number of benzene rings is 1. The fourth-order valence-corrected chi connectivity index (χ4v) is 2.72. The Kier molecular flexibility index (Phi) is 4.06. The minimum Gasteiger partial charge on any atom is -0.369 e. The van der Waals surface area contributed by atoms with Crippen molar-refractivity contribution in [3.05, 3.63) is 24.3 Å². The molecule has 0 spiro atoms. The first-order chi connectivity index (χ1) is 10.2. The number of hydrogen-bond donors (Lipinski definition) is 3. The van der Waals surface area contributed by atoms with Crippen molar-refractivity contribution in [1.29, 1.82) is 0 Å². The predicted molar refractivity (Wildman–Crippen MR) is 81.3 cm³/mol. The Hall–Kier alpha value is -2.08. The lowest BCUT2D eigenvalue weighted by molar-refractivity contribution is -0.122. The van der Waals surface area contributed by atoms with Crippen LogP contribution in [0.4, 0.5) is 11.4 Å². The molecule has 0 saturated carbocycles. The van der Waals surface area contributed by atoms with Gasteiger partial charge in [0.25, 0.3) is 0 Å². The second-order valence-electron chi connectivity index (χ2n) is 5.43. The van der Waals surface area contributed by atoms with Crippen molar-refractivity contribution in [1.82, 2.24) is 10.6 Å². The van der Waals surface area contributed by atoms with Crippen LogP contribution in [0.5, 0.6) is 0 Å². The van der Waals surface area contributed by atoms with E-state index in [4.69, 9.17) is 0 Å². The van der Waals surface area contributed by atoms with Crippen molar-refractivity contribution < 1.29 is 9.59 Å². The van der Waals surface area contributed by atoms with Gasteiger partial charge in [0.1, 0.15) is 6.04 Å². The lowest BCUT2D eigenvalue weighted by Gasteiger charge is -2.29. The van der Waals surface area contributed by atoms with Crippen LogP contribution in [0.15, 0.2) is 24.3 Å². The molecule has 6 heteroatoms. The number of carbonyl (C=O) groups is 2. The van der Waals surface area contributed by atoms with Gasteiger partial charge in [-0.1, -0.05) is 0 Å². The molecule has 6 nitrogen and oxygen atoms in total. The fourth-order valence-electron chi connectivity index (χ4n) is 2.72. The number of piperazine rings is 1. The second kappa shape index (κ2) is 6.13. The number of nitrogens with zero attached hydrogens (tertiary/aromatic N) is 1. The molecule has 2 aliphatic heterocycles. The molecule has 1 aromatic carbocycles. The first-order valence-corrected chi connectivity index (χ1v) is 7.38. The summed E-state index contributed by atoms with van der Waals surface area (Å²) < 4.78 is 0. The van der Waals surface area contributed by atoms with Crippen LogP contribution in [0.3, 0.4) is 0 Å². The minimum absolute atomic E-state index is 0.0517. The topological polar surface area (TPSA) is 73.5 Å². The van der Waals surface area contributed by atoms with E-state index < -0.39 is 6.04 Å². The molecular formula is C15H20N4O2. The average Bonchev–Trinajstić information content (AvgIpc) is 2.96. The fraction of sp³-hybridized carbons (Fsp3) is 0.467. The molecule has 112 valence electrons. The Morgan fingerprint density at radius 3 is 2.52 bits per heavy atom. The Bertz CT molecular complexity index is 523. The lowest BCUT2D eigenvalue weighted by atomic mass is 10.2. The van der Waals surface area contributed by atoms with Crippen LogP contribution in [0.2, 0.25) is 0 Å². The molecule has 0 aromatic heterocycles. The molecule has 2 heterocycles. The summed E-state index contributed by atoms with van der Waals surface area (Å²) >= 11 is 0. The van der Waals surface area contributed by atoms with Gasteiger partial charge in [-0.05, 0) is 30.7 Å².